The van der Waals surface area contributed by atoms with Crippen molar-refractivity contribution >= 4 is 11.6 Å². The van der Waals surface area contributed by atoms with E-state index in [9.17, 15) is 9.18 Å². The Morgan fingerprint density at radius 3 is 2.62 bits per heavy atom. The van der Waals surface area contributed by atoms with Crippen LogP contribution in [0.1, 0.15) is 42.5 Å². The molecule has 3 rings (SSSR count). The summed E-state index contributed by atoms with van der Waals surface area (Å²) in [4.78, 5) is 11.3. The van der Waals surface area contributed by atoms with E-state index in [-0.39, 0.29) is 17.6 Å². The summed E-state index contributed by atoms with van der Waals surface area (Å²) in [5.74, 6) is 0.0517. The molecule has 1 fully saturated rings. The second-order valence-electron chi connectivity index (χ2n) is 6.62. The number of carbonyl (C=O) groups is 1. The fourth-order valence-corrected chi connectivity index (χ4v) is 2.89. The zero-order valence-corrected chi connectivity index (χ0v) is 14.1. The van der Waals surface area contributed by atoms with Crippen LogP contribution in [0.15, 0.2) is 42.5 Å². The highest BCUT2D eigenvalue weighted by atomic mass is 19.1. The number of nitrogens with one attached hydrogen (secondary N) is 2. The van der Waals surface area contributed by atoms with Gasteiger partial charge in [-0.05, 0) is 55.5 Å². The van der Waals surface area contributed by atoms with Crippen molar-refractivity contribution in [2.75, 3.05) is 11.9 Å². The lowest BCUT2D eigenvalue weighted by Crippen LogP contribution is -2.25. The third kappa shape index (κ3) is 4.20. The van der Waals surface area contributed by atoms with Gasteiger partial charge in [-0.1, -0.05) is 35.9 Å². The van der Waals surface area contributed by atoms with Crippen molar-refractivity contribution in [2.45, 2.75) is 32.7 Å². The van der Waals surface area contributed by atoms with Gasteiger partial charge in [-0.2, -0.15) is 0 Å². The lowest BCUT2D eigenvalue weighted by atomic mass is 9.96. The van der Waals surface area contributed by atoms with Crippen molar-refractivity contribution in [3.8, 4) is 0 Å². The normalized spacial score (nSPS) is 15.1. The average Bonchev–Trinajstić information content (AvgIpc) is 3.34. The molecular formula is C20H23FN2O. The number of carbonyl (C=O) groups excluding carboxylic acids is 1. The Morgan fingerprint density at radius 1 is 1.21 bits per heavy atom. The van der Waals surface area contributed by atoms with Crippen LogP contribution in [0.4, 0.5) is 10.1 Å². The van der Waals surface area contributed by atoms with Gasteiger partial charge in [-0.25, -0.2) is 4.39 Å². The molecule has 2 aromatic rings. The number of aryl methyl sites for hydroxylation is 1. The highest BCUT2D eigenvalue weighted by Crippen LogP contribution is 2.31. The molecule has 1 amide bonds. The summed E-state index contributed by atoms with van der Waals surface area (Å²) in [5, 5.41) is 6.17. The van der Waals surface area contributed by atoms with E-state index in [0.717, 1.165) is 23.6 Å². The second-order valence-corrected chi connectivity index (χ2v) is 6.62. The van der Waals surface area contributed by atoms with Crippen LogP contribution < -0.4 is 10.6 Å². The molecule has 2 aromatic carbocycles. The van der Waals surface area contributed by atoms with Gasteiger partial charge >= 0.3 is 0 Å². The van der Waals surface area contributed by atoms with E-state index >= 15 is 0 Å². The number of anilines is 1. The van der Waals surface area contributed by atoms with Crippen LogP contribution in [-0.2, 0) is 4.79 Å². The van der Waals surface area contributed by atoms with Crippen molar-refractivity contribution in [1.82, 2.24) is 5.32 Å². The van der Waals surface area contributed by atoms with E-state index in [0.29, 0.717) is 0 Å². The molecule has 0 bridgehead atoms. The van der Waals surface area contributed by atoms with E-state index in [1.807, 2.05) is 6.07 Å². The highest BCUT2D eigenvalue weighted by Gasteiger charge is 2.24. The summed E-state index contributed by atoms with van der Waals surface area (Å²) in [6.45, 7) is 4.40. The third-order valence-electron chi connectivity index (χ3n) is 4.32. The minimum Gasteiger partial charge on any atom is -0.324 e. The molecule has 3 nitrogen and oxygen atoms in total. The lowest BCUT2D eigenvalue weighted by molar-refractivity contribution is -0.114. The lowest BCUT2D eigenvalue weighted by Gasteiger charge is -2.21. The molecule has 1 atom stereocenters. The van der Waals surface area contributed by atoms with Crippen molar-refractivity contribution in [2.24, 2.45) is 5.92 Å². The Labute approximate surface area is 142 Å². The first-order chi connectivity index (χ1) is 11.5. The van der Waals surface area contributed by atoms with E-state index in [1.165, 1.54) is 31.4 Å². The van der Waals surface area contributed by atoms with Crippen LogP contribution in [0, 0.1) is 18.7 Å². The topological polar surface area (TPSA) is 41.1 Å². The van der Waals surface area contributed by atoms with Crippen LogP contribution in [0.5, 0.6) is 0 Å². The zero-order chi connectivity index (χ0) is 17.1. The molecule has 24 heavy (non-hydrogen) atoms. The van der Waals surface area contributed by atoms with Gasteiger partial charge in [0.2, 0.25) is 5.91 Å². The summed E-state index contributed by atoms with van der Waals surface area (Å²) in [7, 11) is 0. The van der Waals surface area contributed by atoms with Crippen LogP contribution in [0.2, 0.25) is 0 Å². The van der Waals surface area contributed by atoms with E-state index in [1.54, 1.807) is 12.1 Å². The van der Waals surface area contributed by atoms with Gasteiger partial charge in [0.15, 0.2) is 0 Å². The largest absolute Gasteiger partial charge is 0.324 e. The van der Waals surface area contributed by atoms with Crippen molar-refractivity contribution < 1.29 is 9.18 Å². The number of hydrogen-bond acceptors (Lipinski definition) is 2. The van der Waals surface area contributed by atoms with Gasteiger partial charge in [-0.15, -0.1) is 0 Å². The van der Waals surface area contributed by atoms with Crippen molar-refractivity contribution in [3.63, 3.8) is 0 Å². The van der Waals surface area contributed by atoms with Crippen LogP contribution >= 0.6 is 0 Å². The predicted molar refractivity (Wildman–Crippen MR) is 94.5 cm³/mol. The number of amides is 1. The Morgan fingerprint density at radius 2 is 1.96 bits per heavy atom. The zero-order valence-electron chi connectivity index (χ0n) is 14.1. The summed E-state index contributed by atoms with van der Waals surface area (Å²) < 4.78 is 13.9. The first-order valence-corrected chi connectivity index (χ1v) is 8.40. The molecule has 1 saturated carbocycles. The average molecular weight is 326 g/mol. The third-order valence-corrected chi connectivity index (χ3v) is 4.32. The number of halogens is 1. The fraction of sp³-hybridized carbons (Fsp3) is 0.350. The molecule has 126 valence electrons. The molecule has 0 spiro atoms. The first-order valence-electron chi connectivity index (χ1n) is 8.40. The van der Waals surface area contributed by atoms with Gasteiger partial charge in [0.05, 0.1) is 11.7 Å². The number of benzene rings is 2. The summed E-state index contributed by atoms with van der Waals surface area (Å²) in [5.41, 5.74) is 3.52. The molecule has 1 aliphatic rings. The maximum Gasteiger partial charge on any atom is 0.221 e. The molecule has 0 aromatic heterocycles. The highest BCUT2D eigenvalue weighted by molar-refractivity contribution is 5.88. The van der Waals surface area contributed by atoms with Gasteiger partial charge in [-0.3, -0.25) is 4.79 Å². The Kier molecular flexibility index (Phi) is 4.95. The maximum atomic E-state index is 13.9. The first kappa shape index (κ1) is 16.7. The fourth-order valence-electron chi connectivity index (χ4n) is 2.89. The number of hydrogen-bond donors (Lipinski definition) is 2. The van der Waals surface area contributed by atoms with Crippen molar-refractivity contribution in [1.29, 1.82) is 0 Å². The van der Waals surface area contributed by atoms with Crippen LogP contribution in [0.3, 0.4) is 0 Å². The van der Waals surface area contributed by atoms with Crippen LogP contribution in [-0.4, -0.2) is 12.5 Å². The Balaban J connectivity index is 1.93. The molecule has 0 aliphatic heterocycles. The molecular weight excluding hydrogens is 303 g/mol. The van der Waals surface area contributed by atoms with Gasteiger partial charge in [0, 0.05) is 6.92 Å². The Bertz CT molecular complexity index is 740. The van der Waals surface area contributed by atoms with Crippen molar-refractivity contribution in [3.05, 3.63) is 65.0 Å². The minimum absolute atomic E-state index is 0.0152. The number of rotatable bonds is 6. The summed E-state index contributed by atoms with van der Waals surface area (Å²) >= 11 is 0. The van der Waals surface area contributed by atoms with E-state index < -0.39 is 5.82 Å². The van der Waals surface area contributed by atoms with Crippen LogP contribution in [0.25, 0.3) is 0 Å². The smallest absolute Gasteiger partial charge is 0.221 e. The predicted octanol–water partition coefficient (Wildman–Crippen LogP) is 4.18. The standard InChI is InChI=1S/C20H23FN2O/c1-13-4-3-5-16(10-13)20(22-12-15-6-7-15)17-8-9-18(21)19(11-17)23-14(2)24/h3-5,8-11,15,20,22H,6-7,12H2,1-2H3,(H,23,24). The van der Waals surface area contributed by atoms with E-state index in [2.05, 4.69) is 35.8 Å². The molecule has 4 heteroatoms. The maximum absolute atomic E-state index is 13.9. The summed E-state index contributed by atoms with van der Waals surface area (Å²) in [6.07, 6.45) is 2.54. The second kappa shape index (κ2) is 7.14. The molecule has 0 radical (unpaired) electrons. The van der Waals surface area contributed by atoms with Gasteiger partial charge in [0.25, 0.3) is 0 Å². The van der Waals surface area contributed by atoms with E-state index in [4.69, 9.17) is 0 Å². The molecule has 1 aliphatic carbocycles. The van der Waals surface area contributed by atoms with Gasteiger partial charge in [0.1, 0.15) is 5.82 Å². The quantitative estimate of drug-likeness (QED) is 0.836. The minimum atomic E-state index is -0.417. The summed E-state index contributed by atoms with van der Waals surface area (Å²) in [6, 6.07) is 13.2. The molecule has 1 unspecified atom stereocenters. The molecule has 0 heterocycles. The van der Waals surface area contributed by atoms with Gasteiger partial charge < -0.3 is 10.6 Å². The molecule has 0 saturated heterocycles. The Hall–Kier alpha value is -2.20. The monoisotopic (exact) mass is 326 g/mol. The molecule has 2 N–H and O–H groups in total. The SMILES string of the molecule is CC(=O)Nc1cc(C(NCC2CC2)c2cccc(C)c2)ccc1F.